The second kappa shape index (κ2) is 6.71. The molecule has 0 bridgehead atoms. The summed E-state index contributed by atoms with van der Waals surface area (Å²) in [5, 5.41) is 3.31. The van der Waals surface area contributed by atoms with Crippen LogP contribution >= 0.6 is 0 Å². The number of nitrogens with one attached hydrogen (secondary N) is 1. The molecule has 0 aliphatic heterocycles. The number of nitrogens with zero attached hydrogens (tertiary/aromatic N) is 2. The van der Waals surface area contributed by atoms with Gasteiger partial charge in [-0.2, -0.15) is 0 Å². The van der Waals surface area contributed by atoms with Gasteiger partial charge >= 0.3 is 0 Å². The molecule has 3 rings (SSSR count). The topological polar surface area (TPSA) is 29.9 Å². The fourth-order valence-electron chi connectivity index (χ4n) is 2.54. The number of halogens is 2. The van der Waals surface area contributed by atoms with Crippen LogP contribution < -0.4 is 5.32 Å². The smallest absolute Gasteiger partial charge is 0.130 e. The first kappa shape index (κ1) is 15.4. The first-order valence-corrected chi connectivity index (χ1v) is 7.34. The molecule has 118 valence electrons. The summed E-state index contributed by atoms with van der Waals surface area (Å²) < 4.78 is 28.8. The van der Waals surface area contributed by atoms with Crippen molar-refractivity contribution < 1.29 is 8.78 Å². The van der Waals surface area contributed by atoms with Crippen LogP contribution in [-0.2, 0) is 13.6 Å². The maximum absolute atomic E-state index is 13.8. The summed E-state index contributed by atoms with van der Waals surface area (Å²) in [7, 11) is 1.92. The molecule has 3 aromatic rings. The maximum Gasteiger partial charge on any atom is 0.130 e. The number of rotatable bonds is 5. The van der Waals surface area contributed by atoms with Crippen LogP contribution in [0, 0.1) is 11.6 Å². The molecule has 1 atom stereocenters. The lowest BCUT2D eigenvalue weighted by Gasteiger charge is -2.19. The van der Waals surface area contributed by atoms with Gasteiger partial charge in [0.1, 0.15) is 17.5 Å². The molecule has 0 radical (unpaired) electrons. The second-order valence-electron chi connectivity index (χ2n) is 5.36. The van der Waals surface area contributed by atoms with E-state index in [1.807, 2.05) is 48.1 Å². The number of hydrogen-bond donors (Lipinski definition) is 1. The predicted molar refractivity (Wildman–Crippen MR) is 84.7 cm³/mol. The van der Waals surface area contributed by atoms with Gasteiger partial charge in [-0.1, -0.05) is 36.4 Å². The number of hydrogen-bond acceptors (Lipinski definition) is 2. The van der Waals surface area contributed by atoms with Crippen molar-refractivity contribution >= 4 is 0 Å². The van der Waals surface area contributed by atoms with Crippen LogP contribution in [-0.4, -0.2) is 9.55 Å². The lowest BCUT2D eigenvalue weighted by Crippen LogP contribution is -2.25. The fraction of sp³-hybridized carbons (Fsp3) is 0.167. The summed E-state index contributed by atoms with van der Waals surface area (Å²) in [6.07, 6.45) is 3.59. The summed E-state index contributed by atoms with van der Waals surface area (Å²) in [5.74, 6) is -0.294. The number of imidazole rings is 1. The lowest BCUT2D eigenvalue weighted by atomic mass is 10.1. The van der Waals surface area contributed by atoms with E-state index < -0.39 is 11.6 Å². The Kier molecular flexibility index (Phi) is 4.48. The molecule has 1 heterocycles. The van der Waals surface area contributed by atoms with Crippen LogP contribution in [0.1, 0.15) is 23.0 Å². The highest BCUT2D eigenvalue weighted by atomic mass is 19.1. The van der Waals surface area contributed by atoms with Crippen molar-refractivity contribution in [2.75, 3.05) is 0 Å². The molecular formula is C18H17F2N3. The lowest BCUT2D eigenvalue weighted by molar-refractivity contribution is 0.527. The average Bonchev–Trinajstić information content (AvgIpc) is 2.97. The predicted octanol–water partition coefficient (Wildman–Crippen LogP) is 3.58. The van der Waals surface area contributed by atoms with Crippen LogP contribution in [0.3, 0.4) is 0 Å². The van der Waals surface area contributed by atoms with E-state index in [0.29, 0.717) is 5.56 Å². The molecule has 1 aromatic heterocycles. The summed E-state index contributed by atoms with van der Waals surface area (Å²) in [6.45, 7) is 0.276. The van der Waals surface area contributed by atoms with Crippen molar-refractivity contribution in [1.82, 2.24) is 14.9 Å². The van der Waals surface area contributed by atoms with Gasteiger partial charge in [-0.25, -0.2) is 13.8 Å². The Hall–Kier alpha value is -2.53. The van der Waals surface area contributed by atoms with Gasteiger partial charge in [0, 0.05) is 37.6 Å². The van der Waals surface area contributed by atoms with E-state index in [1.54, 1.807) is 6.20 Å². The second-order valence-corrected chi connectivity index (χ2v) is 5.36. The third-order valence-corrected chi connectivity index (χ3v) is 3.76. The van der Waals surface area contributed by atoms with E-state index in [9.17, 15) is 8.78 Å². The standard InChI is InChI=1S/C18H17F2N3/c1-23-10-9-21-18(23)17(13-5-3-2-4-6-13)22-12-14-7-8-15(19)11-16(14)20/h2-11,17,22H,12H2,1H3/t17-/m0/s1. The van der Waals surface area contributed by atoms with E-state index in [4.69, 9.17) is 0 Å². The van der Waals surface area contributed by atoms with Gasteiger partial charge in [0.25, 0.3) is 0 Å². The van der Waals surface area contributed by atoms with Gasteiger partial charge in [-0.15, -0.1) is 0 Å². The van der Waals surface area contributed by atoms with Crippen molar-refractivity contribution in [3.63, 3.8) is 0 Å². The van der Waals surface area contributed by atoms with Gasteiger partial charge in [-0.05, 0) is 11.6 Å². The van der Waals surface area contributed by atoms with Crippen LogP contribution in [0.2, 0.25) is 0 Å². The van der Waals surface area contributed by atoms with Gasteiger partial charge in [0.2, 0.25) is 0 Å². The summed E-state index contributed by atoms with van der Waals surface area (Å²) in [5.41, 5.74) is 1.45. The van der Waals surface area contributed by atoms with Gasteiger partial charge in [0.05, 0.1) is 6.04 Å². The normalized spacial score (nSPS) is 12.3. The molecule has 1 N–H and O–H groups in total. The Labute approximate surface area is 133 Å². The minimum absolute atomic E-state index is 0.180. The summed E-state index contributed by atoms with van der Waals surface area (Å²) >= 11 is 0. The Balaban J connectivity index is 1.86. The van der Waals surface area contributed by atoms with Crippen LogP contribution in [0.25, 0.3) is 0 Å². The number of aryl methyl sites for hydroxylation is 1. The SMILES string of the molecule is Cn1ccnc1[C@@H](NCc1ccc(F)cc1F)c1ccccc1. The minimum Gasteiger partial charge on any atom is -0.336 e. The molecule has 3 nitrogen and oxygen atoms in total. The van der Waals surface area contributed by atoms with Gasteiger partial charge in [-0.3, -0.25) is 5.32 Å². The molecule has 0 spiro atoms. The quantitative estimate of drug-likeness (QED) is 0.780. The highest BCUT2D eigenvalue weighted by molar-refractivity contribution is 5.26. The fourth-order valence-corrected chi connectivity index (χ4v) is 2.54. The summed E-state index contributed by atoms with van der Waals surface area (Å²) in [4.78, 5) is 4.39. The number of aromatic nitrogens is 2. The monoisotopic (exact) mass is 313 g/mol. The van der Waals surface area contributed by atoms with E-state index in [-0.39, 0.29) is 12.6 Å². The third-order valence-electron chi connectivity index (χ3n) is 3.76. The van der Waals surface area contributed by atoms with Crippen molar-refractivity contribution in [2.45, 2.75) is 12.6 Å². The Morgan fingerprint density at radius 3 is 2.57 bits per heavy atom. The summed E-state index contributed by atoms with van der Waals surface area (Å²) in [6, 6.07) is 13.3. The highest BCUT2D eigenvalue weighted by Crippen LogP contribution is 2.21. The molecule has 0 saturated heterocycles. The van der Waals surface area contributed by atoms with Gasteiger partial charge in [0.15, 0.2) is 0 Å². The molecule has 0 fully saturated rings. The minimum atomic E-state index is -0.574. The van der Waals surface area contributed by atoms with Crippen LogP contribution in [0.4, 0.5) is 8.78 Å². The van der Waals surface area contributed by atoms with Crippen molar-refractivity contribution in [1.29, 1.82) is 0 Å². The van der Waals surface area contributed by atoms with Crippen molar-refractivity contribution in [3.05, 3.63) is 89.5 Å². The molecule has 0 aliphatic carbocycles. The van der Waals surface area contributed by atoms with E-state index in [1.165, 1.54) is 12.1 Å². The molecule has 5 heteroatoms. The zero-order valence-electron chi connectivity index (χ0n) is 12.7. The molecule has 0 aliphatic rings. The molecule has 2 aromatic carbocycles. The van der Waals surface area contributed by atoms with Crippen LogP contribution in [0.5, 0.6) is 0 Å². The zero-order chi connectivity index (χ0) is 16.2. The van der Waals surface area contributed by atoms with Crippen LogP contribution in [0.15, 0.2) is 60.9 Å². The molecule has 0 saturated carbocycles. The van der Waals surface area contributed by atoms with Crippen molar-refractivity contribution in [2.24, 2.45) is 7.05 Å². The molecule has 23 heavy (non-hydrogen) atoms. The first-order valence-electron chi connectivity index (χ1n) is 7.34. The Morgan fingerprint density at radius 1 is 1.13 bits per heavy atom. The largest absolute Gasteiger partial charge is 0.336 e. The van der Waals surface area contributed by atoms with Gasteiger partial charge < -0.3 is 4.57 Å². The average molecular weight is 313 g/mol. The van der Waals surface area contributed by atoms with E-state index in [0.717, 1.165) is 17.5 Å². The number of benzene rings is 2. The third kappa shape index (κ3) is 3.46. The maximum atomic E-state index is 13.8. The Morgan fingerprint density at radius 2 is 1.91 bits per heavy atom. The van der Waals surface area contributed by atoms with Crippen molar-refractivity contribution in [3.8, 4) is 0 Å². The Bertz CT molecular complexity index is 784. The first-order chi connectivity index (χ1) is 11.1. The molecule has 0 amide bonds. The highest BCUT2D eigenvalue weighted by Gasteiger charge is 2.18. The molecular weight excluding hydrogens is 296 g/mol. The van der Waals surface area contributed by atoms with E-state index >= 15 is 0 Å². The van der Waals surface area contributed by atoms with E-state index in [2.05, 4.69) is 10.3 Å². The molecule has 0 unspecified atom stereocenters. The zero-order valence-corrected chi connectivity index (χ0v) is 12.7.